The highest BCUT2D eigenvalue weighted by atomic mass is 35.5. The molecule has 1 unspecified atom stereocenters. The van der Waals surface area contributed by atoms with Gasteiger partial charge in [-0.1, -0.05) is 30.2 Å². The van der Waals surface area contributed by atoms with E-state index in [-0.39, 0.29) is 17.9 Å². The minimum absolute atomic E-state index is 0.000563. The smallest absolute Gasteiger partial charge is 0.0493 e. The molecule has 3 N–H and O–H groups in total. The topological polar surface area (TPSA) is 46.2 Å². The maximum Gasteiger partial charge on any atom is 0.0493 e. The van der Waals surface area contributed by atoms with Crippen LogP contribution in [0.15, 0.2) is 24.3 Å². The molecule has 88 valence electrons. The van der Waals surface area contributed by atoms with Crippen molar-refractivity contribution in [2.24, 2.45) is 11.1 Å². The molecule has 0 radical (unpaired) electrons. The van der Waals surface area contributed by atoms with Crippen molar-refractivity contribution in [2.45, 2.75) is 25.2 Å². The Morgan fingerprint density at radius 3 is 2.62 bits per heavy atom. The van der Waals surface area contributed by atoms with Crippen molar-refractivity contribution < 1.29 is 5.11 Å². The first-order chi connectivity index (χ1) is 7.72. The highest BCUT2D eigenvalue weighted by molar-refractivity contribution is 6.30. The first-order valence-corrected chi connectivity index (χ1v) is 6.16. The molecule has 1 aromatic carbocycles. The fourth-order valence-electron chi connectivity index (χ4n) is 2.71. The van der Waals surface area contributed by atoms with Crippen LogP contribution in [0.25, 0.3) is 0 Å². The minimum Gasteiger partial charge on any atom is -0.396 e. The van der Waals surface area contributed by atoms with E-state index in [2.05, 4.69) is 6.07 Å². The monoisotopic (exact) mass is 239 g/mol. The third-order valence-electron chi connectivity index (χ3n) is 3.89. The van der Waals surface area contributed by atoms with Gasteiger partial charge in [0.25, 0.3) is 0 Å². The van der Waals surface area contributed by atoms with E-state index < -0.39 is 0 Å². The number of aliphatic hydroxyl groups is 1. The summed E-state index contributed by atoms with van der Waals surface area (Å²) in [5.41, 5.74) is 7.03. The standard InChI is InChI=1S/C13H18ClNO/c14-11-4-1-3-10(7-11)12(8-15)13(9-16)5-2-6-13/h1,3-4,7,12,16H,2,5-6,8-9,15H2. The lowest BCUT2D eigenvalue weighted by atomic mass is 9.60. The van der Waals surface area contributed by atoms with Crippen molar-refractivity contribution in [2.75, 3.05) is 13.2 Å². The predicted molar refractivity (Wildman–Crippen MR) is 66.6 cm³/mol. The van der Waals surface area contributed by atoms with Crippen molar-refractivity contribution in [1.29, 1.82) is 0 Å². The number of halogens is 1. The minimum atomic E-state index is -0.000563. The maximum atomic E-state index is 9.58. The Morgan fingerprint density at radius 2 is 2.19 bits per heavy atom. The largest absolute Gasteiger partial charge is 0.396 e. The average Bonchev–Trinajstić information content (AvgIpc) is 2.23. The van der Waals surface area contributed by atoms with E-state index in [0.29, 0.717) is 6.54 Å². The van der Waals surface area contributed by atoms with Gasteiger partial charge in [-0.2, -0.15) is 0 Å². The average molecular weight is 240 g/mol. The summed E-state index contributed by atoms with van der Waals surface area (Å²) in [6.07, 6.45) is 3.33. The zero-order valence-electron chi connectivity index (χ0n) is 9.32. The summed E-state index contributed by atoms with van der Waals surface area (Å²) >= 11 is 6.00. The lowest BCUT2D eigenvalue weighted by Crippen LogP contribution is -2.42. The quantitative estimate of drug-likeness (QED) is 0.848. The molecule has 0 heterocycles. The van der Waals surface area contributed by atoms with Crippen molar-refractivity contribution in [1.82, 2.24) is 0 Å². The Balaban J connectivity index is 2.28. The zero-order valence-corrected chi connectivity index (χ0v) is 10.1. The van der Waals surface area contributed by atoms with E-state index in [9.17, 15) is 5.11 Å². The Hall–Kier alpha value is -0.570. The molecular weight excluding hydrogens is 222 g/mol. The molecule has 1 aromatic rings. The van der Waals surface area contributed by atoms with Crippen LogP contribution in [0.1, 0.15) is 30.7 Å². The van der Waals surface area contributed by atoms with Gasteiger partial charge < -0.3 is 10.8 Å². The predicted octanol–water partition coefficient (Wildman–Crippen LogP) is 2.54. The lowest BCUT2D eigenvalue weighted by molar-refractivity contribution is 0.0192. The van der Waals surface area contributed by atoms with Crippen molar-refractivity contribution in [3.63, 3.8) is 0 Å². The summed E-state index contributed by atoms with van der Waals surface area (Å²) in [5, 5.41) is 10.3. The van der Waals surface area contributed by atoms with E-state index in [1.165, 1.54) is 6.42 Å². The third kappa shape index (κ3) is 1.97. The fraction of sp³-hybridized carbons (Fsp3) is 0.538. The SMILES string of the molecule is NCC(c1cccc(Cl)c1)C1(CO)CCC1. The molecule has 1 atom stereocenters. The second-order valence-electron chi connectivity index (χ2n) is 4.72. The lowest BCUT2D eigenvalue weighted by Gasteiger charge is -2.46. The summed E-state index contributed by atoms with van der Waals surface area (Å²) in [6, 6.07) is 7.84. The molecule has 1 saturated carbocycles. The number of aliphatic hydroxyl groups excluding tert-OH is 1. The molecule has 1 fully saturated rings. The van der Waals surface area contributed by atoms with Gasteiger partial charge >= 0.3 is 0 Å². The Morgan fingerprint density at radius 1 is 1.44 bits per heavy atom. The van der Waals surface area contributed by atoms with Gasteiger partial charge in [-0.3, -0.25) is 0 Å². The van der Waals surface area contributed by atoms with Gasteiger partial charge in [0, 0.05) is 23.0 Å². The molecule has 0 amide bonds. The molecular formula is C13H18ClNO. The summed E-state index contributed by atoms with van der Waals surface area (Å²) in [4.78, 5) is 0. The zero-order chi connectivity index (χ0) is 11.6. The highest BCUT2D eigenvalue weighted by Gasteiger charge is 2.43. The third-order valence-corrected chi connectivity index (χ3v) is 4.13. The number of hydrogen-bond acceptors (Lipinski definition) is 2. The van der Waals surface area contributed by atoms with E-state index in [1.807, 2.05) is 18.2 Å². The molecule has 2 rings (SSSR count). The van der Waals surface area contributed by atoms with Gasteiger partial charge in [0.05, 0.1) is 0 Å². The van der Waals surface area contributed by atoms with Crippen molar-refractivity contribution in [3.05, 3.63) is 34.9 Å². The molecule has 0 saturated heterocycles. The van der Waals surface area contributed by atoms with Crippen LogP contribution < -0.4 is 5.73 Å². The number of rotatable bonds is 4. The number of nitrogens with two attached hydrogens (primary N) is 1. The molecule has 2 nitrogen and oxygen atoms in total. The van der Waals surface area contributed by atoms with Gasteiger partial charge in [-0.15, -0.1) is 0 Å². The summed E-state index contributed by atoms with van der Waals surface area (Å²) < 4.78 is 0. The maximum absolute atomic E-state index is 9.58. The van der Waals surface area contributed by atoms with Crippen molar-refractivity contribution in [3.8, 4) is 0 Å². The van der Waals surface area contributed by atoms with Gasteiger partial charge in [0.15, 0.2) is 0 Å². The molecule has 1 aliphatic carbocycles. The molecule has 0 bridgehead atoms. The second kappa shape index (κ2) is 4.74. The van der Waals surface area contributed by atoms with Crippen LogP contribution in [-0.2, 0) is 0 Å². The van der Waals surface area contributed by atoms with Crippen LogP contribution in [0, 0.1) is 5.41 Å². The van der Waals surface area contributed by atoms with Crippen LogP contribution in [0.3, 0.4) is 0 Å². The number of hydrogen-bond donors (Lipinski definition) is 2. The summed E-state index contributed by atoms with van der Waals surface area (Å²) in [7, 11) is 0. The molecule has 0 aliphatic heterocycles. The van der Waals surface area contributed by atoms with Crippen LogP contribution in [0.4, 0.5) is 0 Å². The fourth-order valence-corrected chi connectivity index (χ4v) is 2.91. The van der Waals surface area contributed by atoms with Gasteiger partial charge in [-0.25, -0.2) is 0 Å². The van der Waals surface area contributed by atoms with E-state index in [4.69, 9.17) is 17.3 Å². The Kier molecular flexibility index (Phi) is 3.53. The van der Waals surface area contributed by atoms with Crippen LogP contribution in [-0.4, -0.2) is 18.3 Å². The van der Waals surface area contributed by atoms with E-state index in [0.717, 1.165) is 23.4 Å². The van der Waals surface area contributed by atoms with Crippen LogP contribution in [0.2, 0.25) is 5.02 Å². The molecule has 0 aromatic heterocycles. The molecule has 0 spiro atoms. The first-order valence-electron chi connectivity index (χ1n) is 5.78. The van der Waals surface area contributed by atoms with E-state index >= 15 is 0 Å². The van der Waals surface area contributed by atoms with Gasteiger partial charge in [0.2, 0.25) is 0 Å². The molecule has 3 heteroatoms. The second-order valence-corrected chi connectivity index (χ2v) is 5.15. The molecule has 16 heavy (non-hydrogen) atoms. The first kappa shape index (κ1) is 11.9. The van der Waals surface area contributed by atoms with E-state index in [1.54, 1.807) is 0 Å². The van der Waals surface area contributed by atoms with Crippen LogP contribution in [0.5, 0.6) is 0 Å². The van der Waals surface area contributed by atoms with Crippen LogP contribution >= 0.6 is 11.6 Å². The van der Waals surface area contributed by atoms with Gasteiger partial charge in [0.1, 0.15) is 0 Å². The normalized spacial score (nSPS) is 20.2. The Labute approximate surface area is 101 Å². The van der Waals surface area contributed by atoms with Crippen molar-refractivity contribution >= 4 is 11.6 Å². The van der Waals surface area contributed by atoms with Gasteiger partial charge in [-0.05, 0) is 37.1 Å². The Bertz CT molecular complexity index is 357. The molecule has 1 aliphatic rings. The highest BCUT2D eigenvalue weighted by Crippen LogP contribution is 2.50. The number of benzene rings is 1. The summed E-state index contributed by atoms with van der Waals surface area (Å²) in [6.45, 7) is 0.794. The summed E-state index contributed by atoms with van der Waals surface area (Å²) in [5.74, 6) is 0.227.